The molecule has 0 bridgehead atoms. The van der Waals surface area contributed by atoms with E-state index in [9.17, 15) is 18.4 Å². The van der Waals surface area contributed by atoms with E-state index in [0.717, 1.165) is 31.5 Å². The molecule has 6 rings (SSSR count). The van der Waals surface area contributed by atoms with Gasteiger partial charge in [-0.3, -0.25) is 9.88 Å². The van der Waals surface area contributed by atoms with Crippen LogP contribution in [0.3, 0.4) is 0 Å². The maximum absolute atomic E-state index is 12.7. The molecule has 3 heterocycles. The molecule has 0 aliphatic carbocycles. The lowest BCUT2D eigenvalue weighted by molar-refractivity contribution is -0.274. The Kier molecular flexibility index (Phi) is 9.62. The highest BCUT2D eigenvalue weighted by molar-refractivity contribution is 6.36. The van der Waals surface area contributed by atoms with Crippen molar-refractivity contribution in [2.24, 2.45) is 0 Å². The Balaban J connectivity index is 1.33. The summed E-state index contributed by atoms with van der Waals surface area (Å²) in [5, 5.41) is 27.2. The number of nitrogens with one attached hydrogen (secondary N) is 2. The summed E-state index contributed by atoms with van der Waals surface area (Å²) < 4.78 is 44.0. The third kappa shape index (κ3) is 8.02. The zero-order valence-electron chi connectivity index (χ0n) is 26.9. The largest absolute Gasteiger partial charge is 0.573 e. The molecule has 1 unspecified atom stereocenters. The molecule has 9 nitrogen and oxygen atoms in total. The van der Waals surface area contributed by atoms with E-state index in [4.69, 9.17) is 23.2 Å². The molecule has 14 heteroatoms. The molecule has 3 aromatic carbocycles. The summed E-state index contributed by atoms with van der Waals surface area (Å²) in [6, 6.07) is 18.1. The summed E-state index contributed by atoms with van der Waals surface area (Å²) in [6.45, 7) is 8.63. The average molecular weight is 710 g/mol. The molecule has 0 amide bonds. The second-order valence-corrected chi connectivity index (χ2v) is 13.7. The van der Waals surface area contributed by atoms with E-state index in [1.165, 1.54) is 30.5 Å². The van der Waals surface area contributed by atoms with Gasteiger partial charge >= 0.3 is 6.36 Å². The van der Waals surface area contributed by atoms with Crippen molar-refractivity contribution in [3.8, 4) is 11.8 Å². The molecule has 49 heavy (non-hydrogen) atoms. The van der Waals surface area contributed by atoms with Gasteiger partial charge in [0.25, 0.3) is 0 Å². The number of nitrogens with zero attached hydrogens (tertiary/aromatic N) is 6. The Morgan fingerprint density at radius 2 is 1.67 bits per heavy atom. The predicted molar refractivity (Wildman–Crippen MR) is 184 cm³/mol. The van der Waals surface area contributed by atoms with Crippen LogP contribution in [0.4, 0.5) is 30.2 Å². The Morgan fingerprint density at radius 1 is 0.980 bits per heavy atom. The van der Waals surface area contributed by atoms with Crippen LogP contribution in [0.1, 0.15) is 62.5 Å². The third-order valence-corrected chi connectivity index (χ3v) is 9.07. The van der Waals surface area contributed by atoms with Crippen LogP contribution < -0.4 is 15.4 Å². The number of ether oxygens (including phenoxy) is 1. The number of benzene rings is 3. The smallest absolute Gasteiger partial charge is 0.406 e. The number of piperidine rings is 1. The van der Waals surface area contributed by atoms with E-state index in [1.807, 2.05) is 41.2 Å². The zero-order chi connectivity index (χ0) is 34.9. The number of hydrogen-bond donors (Lipinski definition) is 2. The molecule has 1 aliphatic rings. The van der Waals surface area contributed by atoms with Crippen LogP contribution in [0.5, 0.6) is 5.75 Å². The number of fused-ring (bicyclic) bond motifs is 1. The second-order valence-electron chi connectivity index (χ2n) is 12.9. The van der Waals surface area contributed by atoms with Crippen molar-refractivity contribution >= 4 is 51.2 Å². The number of halogens is 5. The van der Waals surface area contributed by atoms with Crippen LogP contribution in [-0.4, -0.2) is 49.9 Å². The Labute approximate surface area is 291 Å². The molecule has 0 spiro atoms. The van der Waals surface area contributed by atoms with Gasteiger partial charge in [-0.05, 0) is 87.7 Å². The lowest BCUT2D eigenvalue weighted by Gasteiger charge is -2.40. The highest BCUT2D eigenvalue weighted by Crippen LogP contribution is 2.37. The first-order chi connectivity index (χ1) is 23.3. The van der Waals surface area contributed by atoms with Crippen LogP contribution >= 0.6 is 23.2 Å². The molecule has 0 radical (unpaired) electrons. The van der Waals surface area contributed by atoms with Gasteiger partial charge in [-0.1, -0.05) is 40.5 Å². The van der Waals surface area contributed by atoms with Gasteiger partial charge in [0.1, 0.15) is 17.5 Å². The van der Waals surface area contributed by atoms with Crippen LogP contribution in [0.2, 0.25) is 10.0 Å². The number of aromatic nitrogens is 4. The van der Waals surface area contributed by atoms with Gasteiger partial charge in [-0.25, -0.2) is 4.68 Å². The molecule has 254 valence electrons. The molecule has 5 aromatic rings. The van der Waals surface area contributed by atoms with Gasteiger partial charge in [-0.15, -0.1) is 18.3 Å². The van der Waals surface area contributed by atoms with E-state index in [2.05, 4.69) is 62.4 Å². The maximum Gasteiger partial charge on any atom is 0.573 e. The number of likely N-dealkylation sites (tertiary alicyclic amines) is 1. The van der Waals surface area contributed by atoms with Gasteiger partial charge in [0.05, 0.1) is 40.1 Å². The molecule has 1 fully saturated rings. The fourth-order valence-corrected chi connectivity index (χ4v) is 6.39. The summed E-state index contributed by atoms with van der Waals surface area (Å²) in [7, 11) is 0. The average Bonchev–Trinajstić information content (AvgIpc) is 3.54. The van der Waals surface area contributed by atoms with E-state index in [-0.39, 0.29) is 22.9 Å². The highest BCUT2D eigenvalue weighted by atomic mass is 35.5. The lowest BCUT2D eigenvalue weighted by atomic mass is 9.98. The predicted octanol–water partition coefficient (Wildman–Crippen LogP) is 9.28. The van der Waals surface area contributed by atoms with Crippen LogP contribution in [0.25, 0.3) is 10.9 Å². The molecule has 2 aromatic heterocycles. The zero-order valence-corrected chi connectivity index (χ0v) is 28.4. The van der Waals surface area contributed by atoms with Gasteiger partial charge in [0, 0.05) is 46.6 Å². The van der Waals surface area contributed by atoms with Crippen molar-refractivity contribution in [3.63, 3.8) is 0 Å². The summed E-state index contributed by atoms with van der Waals surface area (Å²) >= 11 is 13.0. The van der Waals surface area contributed by atoms with Crippen molar-refractivity contribution in [2.45, 2.75) is 57.6 Å². The number of hydrogen-bond acceptors (Lipinski definition) is 8. The number of pyridine rings is 1. The number of alkyl halides is 3. The van der Waals surface area contributed by atoms with Crippen LogP contribution in [-0.2, 0) is 0 Å². The van der Waals surface area contributed by atoms with Crippen LogP contribution in [0.15, 0.2) is 73.1 Å². The molecule has 1 atom stereocenters. The molecule has 1 aliphatic heterocycles. The van der Waals surface area contributed by atoms with E-state index in [0.29, 0.717) is 43.7 Å². The minimum absolute atomic E-state index is 0.109. The van der Waals surface area contributed by atoms with E-state index >= 15 is 0 Å². The quantitative estimate of drug-likeness (QED) is 0.164. The summed E-state index contributed by atoms with van der Waals surface area (Å²) in [5.41, 5.74) is 3.76. The summed E-state index contributed by atoms with van der Waals surface area (Å²) in [5.74, 6) is -0.367. The minimum Gasteiger partial charge on any atom is -0.406 e. The van der Waals surface area contributed by atoms with Gasteiger partial charge < -0.3 is 15.4 Å². The molecule has 2 N–H and O–H groups in total. The van der Waals surface area contributed by atoms with Crippen molar-refractivity contribution in [1.29, 1.82) is 5.26 Å². The topological polar surface area (TPSA) is 104 Å². The lowest BCUT2D eigenvalue weighted by Crippen LogP contribution is -2.46. The Morgan fingerprint density at radius 3 is 2.31 bits per heavy atom. The fraction of sp³-hybridized carbons (Fsp3) is 0.314. The van der Waals surface area contributed by atoms with Crippen molar-refractivity contribution in [3.05, 3.63) is 99.9 Å². The maximum atomic E-state index is 12.7. The Bertz CT molecular complexity index is 1980. The SMILES string of the molecule is CC(C)(C)N1CCC(n2cc(C(Nc3cc(Cl)c4ncc(C#N)c(Nc5ccc(OC(F)(F)F)cc5)c4c3)c3ccc(Cl)cc3)nn2)CC1. The highest BCUT2D eigenvalue weighted by Gasteiger charge is 2.31. The molecular formula is C35H33Cl2F3N8O. The first kappa shape index (κ1) is 34.3. The number of nitriles is 1. The third-order valence-electron chi connectivity index (χ3n) is 8.53. The van der Waals surface area contributed by atoms with E-state index in [1.54, 1.807) is 6.07 Å². The van der Waals surface area contributed by atoms with Gasteiger partial charge in [0.2, 0.25) is 0 Å². The molecular weight excluding hydrogens is 676 g/mol. The first-order valence-corrected chi connectivity index (χ1v) is 16.4. The monoisotopic (exact) mass is 708 g/mol. The fourth-order valence-electron chi connectivity index (χ4n) is 6.00. The minimum atomic E-state index is -4.81. The standard InChI is InChI=1S/C35H33Cl2F3N8O/c1-34(2,3)47-14-12-26(13-15-47)48-20-30(45-46-48)32(21-4-6-23(36)7-5-21)44-25-16-28-31(22(18-41)19-42-33(28)29(37)17-25)43-24-8-10-27(11-9-24)49-35(38,39)40/h4-11,16-17,19-20,26,32,44H,12-15H2,1-3H3,(H,42,43). The number of rotatable bonds is 8. The van der Waals surface area contributed by atoms with Crippen LogP contribution in [0, 0.1) is 11.3 Å². The van der Waals surface area contributed by atoms with E-state index < -0.39 is 12.4 Å². The molecule has 1 saturated heterocycles. The second kappa shape index (κ2) is 13.7. The van der Waals surface area contributed by atoms with Crippen molar-refractivity contribution in [1.82, 2.24) is 24.9 Å². The molecule has 0 saturated carbocycles. The van der Waals surface area contributed by atoms with Crippen molar-refractivity contribution in [2.75, 3.05) is 23.7 Å². The van der Waals surface area contributed by atoms with Gasteiger partial charge in [-0.2, -0.15) is 5.26 Å². The van der Waals surface area contributed by atoms with Crippen molar-refractivity contribution < 1.29 is 17.9 Å². The summed E-state index contributed by atoms with van der Waals surface area (Å²) in [6.07, 6.45) is 0.474. The number of anilines is 3. The summed E-state index contributed by atoms with van der Waals surface area (Å²) in [4.78, 5) is 6.90. The Hall–Kier alpha value is -4.57. The van der Waals surface area contributed by atoms with Gasteiger partial charge in [0.15, 0.2) is 0 Å². The normalized spacial score (nSPS) is 15.2. The first-order valence-electron chi connectivity index (χ1n) is 15.6.